The Bertz CT molecular complexity index is 588. The van der Waals surface area contributed by atoms with E-state index in [0.29, 0.717) is 30.4 Å². The van der Waals surface area contributed by atoms with Gasteiger partial charge < -0.3 is 19.9 Å². The van der Waals surface area contributed by atoms with Crippen molar-refractivity contribution in [3.8, 4) is 17.2 Å². The first-order valence-corrected chi connectivity index (χ1v) is 6.87. The van der Waals surface area contributed by atoms with Crippen LogP contribution in [0.3, 0.4) is 0 Å². The van der Waals surface area contributed by atoms with E-state index in [1.165, 1.54) is 0 Å². The Morgan fingerprint density at radius 2 is 1.62 bits per heavy atom. The maximum Gasteiger partial charge on any atom is 0.161 e. The molecule has 0 aliphatic rings. The van der Waals surface area contributed by atoms with Crippen LogP contribution in [0.15, 0.2) is 36.4 Å². The van der Waals surface area contributed by atoms with Crippen molar-refractivity contribution in [2.24, 2.45) is 0 Å². The number of para-hydroxylation sites is 2. The Kier molecular flexibility index (Phi) is 4.93. The van der Waals surface area contributed by atoms with Crippen LogP contribution in [0.4, 0.5) is 5.69 Å². The van der Waals surface area contributed by atoms with E-state index in [0.717, 1.165) is 16.9 Å². The summed E-state index contributed by atoms with van der Waals surface area (Å²) in [5.74, 6) is 2.14. The van der Waals surface area contributed by atoms with Crippen LogP contribution in [-0.4, -0.2) is 20.3 Å². The molecule has 4 nitrogen and oxygen atoms in total. The van der Waals surface area contributed by atoms with Gasteiger partial charge >= 0.3 is 0 Å². The van der Waals surface area contributed by atoms with Gasteiger partial charge in [0.05, 0.1) is 12.8 Å². The summed E-state index contributed by atoms with van der Waals surface area (Å²) in [5.41, 5.74) is 8.79. The fraction of sp³-hybridized carbons (Fsp3) is 0.294. The summed E-state index contributed by atoms with van der Waals surface area (Å²) in [6.07, 6.45) is 0. The predicted octanol–water partition coefficient (Wildman–Crippen LogP) is 3.35. The molecule has 0 bridgehead atoms. The summed E-state index contributed by atoms with van der Waals surface area (Å²) in [5, 5.41) is 0. The summed E-state index contributed by atoms with van der Waals surface area (Å²) >= 11 is 0. The molecule has 0 fully saturated rings. The quantitative estimate of drug-likeness (QED) is 0.654. The van der Waals surface area contributed by atoms with E-state index in [2.05, 4.69) is 0 Å². The Hall–Kier alpha value is -2.36. The Labute approximate surface area is 125 Å². The Morgan fingerprint density at radius 1 is 0.952 bits per heavy atom. The molecule has 0 unspecified atom stereocenters. The smallest absolute Gasteiger partial charge is 0.161 e. The molecule has 0 saturated heterocycles. The Morgan fingerprint density at radius 3 is 2.29 bits per heavy atom. The van der Waals surface area contributed by atoms with E-state index in [4.69, 9.17) is 19.9 Å². The molecule has 0 aliphatic heterocycles. The van der Waals surface area contributed by atoms with E-state index in [9.17, 15) is 0 Å². The van der Waals surface area contributed by atoms with Crippen LogP contribution in [0, 0.1) is 13.8 Å². The molecule has 4 heteroatoms. The lowest BCUT2D eigenvalue weighted by Crippen LogP contribution is -2.11. The molecule has 0 heterocycles. The van der Waals surface area contributed by atoms with Crippen LogP contribution in [0.25, 0.3) is 0 Å². The highest BCUT2D eigenvalue weighted by Crippen LogP contribution is 2.28. The zero-order valence-electron chi connectivity index (χ0n) is 12.7. The number of anilines is 1. The van der Waals surface area contributed by atoms with Crippen LogP contribution in [-0.2, 0) is 0 Å². The summed E-state index contributed by atoms with van der Waals surface area (Å²) < 4.78 is 16.6. The van der Waals surface area contributed by atoms with Gasteiger partial charge in [-0.05, 0) is 43.2 Å². The molecule has 0 radical (unpaired) electrons. The number of methoxy groups -OCH3 is 1. The highest BCUT2D eigenvalue weighted by atomic mass is 16.5. The van der Waals surface area contributed by atoms with Crippen molar-refractivity contribution in [1.29, 1.82) is 0 Å². The summed E-state index contributed by atoms with van der Waals surface area (Å²) in [4.78, 5) is 0. The van der Waals surface area contributed by atoms with Crippen molar-refractivity contribution < 1.29 is 14.2 Å². The summed E-state index contributed by atoms with van der Waals surface area (Å²) in [6.45, 7) is 4.84. The normalized spacial score (nSPS) is 10.2. The molecule has 2 N–H and O–H groups in total. The minimum atomic E-state index is 0.423. The number of hydrogen-bond acceptors (Lipinski definition) is 4. The predicted molar refractivity (Wildman–Crippen MR) is 84.3 cm³/mol. The minimum absolute atomic E-state index is 0.423. The lowest BCUT2D eigenvalue weighted by Gasteiger charge is -2.14. The third-order valence-electron chi connectivity index (χ3n) is 3.10. The first-order chi connectivity index (χ1) is 10.1. The summed E-state index contributed by atoms with van der Waals surface area (Å²) in [7, 11) is 1.62. The largest absolute Gasteiger partial charge is 0.493 e. The van der Waals surface area contributed by atoms with Crippen molar-refractivity contribution in [3.63, 3.8) is 0 Å². The molecule has 21 heavy (non-hydrogen) atoms. The molecule has 0 saturated carbocycles. The van der Waals surface area contributed by atoms with Crippen LogP contribution < -0.4 is 19.9 Å². The maximum atomic E-state index is 5.98. The molecular formula is C17H21NO3. The van der Waals surface area contributed by atoms with Crippen molar-refractivity contribution in [3.05, 3.63) is 47.5 Å². The third kappa shape index (κ3) is 3.81. The average molecular weight is 287 g/mol. The molecule has 2 aromatic rings. The minimum Gasteiger partial charge on any atom is -0.493 e. The number of hydrogen-bond donors (Lipinski definition) is 1. The van der Waals surface area contributed by atoms with Gasteiger partial charge in [0.1, 0.15) is 19.0 Å². The van der Waals surface area contributed by atoms with Gasteiger partial charge in [-0.3, -0.25) is 0 Å². The van der Waals surface area contributed by atoms with Crippen molar-refractivity contribution in [1.82, 2.24) is 0 Å². The van der Waals surface area contributed by atoms with Gasteiger partial charge in [0.2, 0.25) is 0 Å². The molecule has 0 atom stereocenters. The third-order valence-corrected chi connectivity index (χ3v) is 3.10. The maximum absolute atomic E-state index is 5.98. The van der Waals surface area contributed by atoms with Gasteiger partial charge in [-0.2, -0.15) is 0 Å². The van der Waals surface area contributed by atoms with Crippen molar-refractivity contribution >= 4 is 5.69 Å². The average Bonchev–Trinajstić information content (AvgIpc) is 2.45. The molecule has 2 rings (SSSR count). The topological polar surface area (TPSA) is 53.7 Å². The fourth-order valence-electron chi connectivity index (χ4n) is 2.22. The molecule has 0 spiro atoms. The van der Waals surface area contributed by atoms with Crippen molar-refractivity contribution in [2.45, 2.75) is 13.8 Å². The van der Waals surface area contributed by atoms with Gasteiger partial charge in [-0.15, -0.1) is 0 Å². The van der Waals surface area contributed by atoms with Crippen LogP contribution in [0.1, 0.15) is 11.1 Å². The number of benzene rings is 2. The number of nitrogen functional groups attached to an aromatic ring is 1. The standard InChI is InChI=1S/C17H21NO3/c1-12-10-13(2)17(14(18)11-12)21-9-8-20-16-7-5-4-6-15(16)19-3/h4-7,10-11H,8-9,18H2,1-3H3. The van der Waals surface area contributed by atoms with E-state index in [1.54, 1.807) is 7.11 Å². The van der Waals surface area contributed by atoms with Gasteiger partial charge in [-0.1, -0.05) is 18.2 Å². The lowest BCUT2D eigenvalue weighted by molar-refractivity contribution is 0.211. The molecule has 112 valence electrons. The number of ether oxygens (including phenoxy) is 3. The summed E-state index contributed by atoms with van der Waals surface area (Å²) in [6, 6.07) is 11.5. The lowest BCUT2D eigenvalue weighted by atomic mass is 10.1. The van der Waals surface area contributed by atoms with E-state index in [1.807, 2.05) is 50.2 Å². The SMILES string of the molecule is COc1ccccc1OCCOc1c(C)cc(C)cc1N. The van der Waals surface area contributed by atoms with E-state index in [-0.39, 0.29) is 0 Å². The zero-order chi connectivity index (χ0) is 15.2. The molecule has 0 aliphatic carbocycles. The first kappa shape index (κ1) is 15.0. The molecule has 2 aromatic carbocycles. The molecule has 0 aromatic heterocycles. The van der Waals surface area contributed by atoms with E-state index >= 15 is 0 Å². The molecule has 0 amide bonds. The fourth-order valence-corrected chi connectivity index (χ4v) is 2.22. The second kappa shape index (κ2) is 6.88. The van der Waals surface area contributed by atoms with Gasteiger partial charge in [0.25, 0.3) is 0 Å². The number of aryl methyl sites for hydroxylation is 2. The number of rotatable bonds is 6. The highest BCUT2D eigenvalue weighted by molar-refractivity contribution is 5.58. The van der Waals surface area contributed by atoms with Gasteiger partial charge in [-0.25, -0.2) is 0 Å². The first-order valence-electron chi connectivity index (χ1n) is 6.87. The van der Waals surface area contributed by atoms with E-state index < -0.39 is 0 Å². The Balaban J connectivity index is 1.91. The highest BCUT2D eigenvalue weighted by Gasteiger charge is 2.06. The van der Waals surface area contributed by atoms with Crippen LogP contribution >= 0.6 is 0 Å². The second-order valence-electron chi connectivity index (χ2n) is 4.85. The van der Waals surface area contributed by atoms with Gasteiger partial charge in [0.15, 0.2) is 11.5 Å². The molecular weight excluding hydrogens is 266 g/mol. The van der Waals surface area contributed by atoms with Gasteiger partial charge in [0, 0.05) is 0 Å². The second-order valence-corrected chi connectivity index (χ2v) is 4.85. The van der Waals surface area contributed by atoms with Crippen LogP contribution in [0.2, 0.25) is 0 Å². The monoisotopic (exact) mass is 287 g/mol. The van der Waals surface area contributed by atoms with Crippen LogP contribution in [0.5, 0.6) is 17.2 Å². The zero-order valence-corrected chi connectivity index (χ0v) is 12.7. The number of nitrogens with two attached hydrogens (primary N) is 1. The van der Waals surface area contributed by atoms with Crippen molar-refractivity contribution in [2.75, 3.05) is 26.1 Å².